The molecule has 3 rings (SSSR count). The Labute approximate surface area is 134 Å². The molecular formula is C17H18N2O4. The molecule has 0 aliphatic carbocycles. The molecule has 1 aromatic carbocycles. The van der Waals surface area contributed by atoms with Crippen LogP contribution in [0.2, 0.25) is 0 Å². The third-order valence-corrected chi connectivity index (χ3v) is 3.50. The molecule has 0 bridgehead atoms. The number of anilines is 1. The predicted octanol–water partition coefficient (Wildman–Crippen LogP) is 2.51. The third-order valence-electron chi connectivity index (χ3n) is 3.50. The van der Waals surface area contributed by atoms with E-state index in [1.807, 2.05) is 12.1 Å². The SMILES string of the molecule is COc1cccc(NC(=O)c2ccnc(OC3CCOC3)c2)c1. The molecule has 2 heterocycles. The maximum Gasteiger partial charge on any atom is 0.255 e. The van der Waals surface area contributed by atoms with Crippen LogP contribution < -0.4 is 14.8 Å². The quantitative estimate of drug-likeness (QED) is 0.918. The van der Waals surface area contributed by atoms with Gasteiger partial charge in [-0.2, -0.15) is 0 Å². The molecule has 1 N–H and O–H groups in total. The number of hydrogen-bond acceptors (Lipinski definition) is 5. The first-order valence-electron chi connectivity index (χ1n) is 7.40. The lowest BCUT2D eigenvalue weighted by Gasteiger charge is -2.12. The number of carbonyl (C=O) groups is 1. The van der Waals surface area contributed by atoms with Gasteiger partial charge in [-0.15, -0.1) is 0 Å². The van der Waals surface area contributed by atoms with Gasteiger partial charge in [0, 0.05) is 36.0 Å². The van der Waals surface area contributed by atoms with Crippen molar-refractivity contribution in [2.45, 2.75) is 12.5 Å². The van der Waals surface area contributed by atoms with Crippen LogP contribution in [-0.4, -0.2) is 37.3 Å². The van der Waals surface area contributed by atoms with Crippen LogP contribution in [0, 0.1) is 0 Å². The number of aromatic nitrogens is 1. The minimum Gasteiger partial charge on any atom is -0.497 e. The van der Waals surface area contributed by atoms with E-state index in [0.717, 1.165) is 6.42 Å². The Kier molecular flexibility index (Phi) is 4.73. The summed E-state index contributed by atoms with van der Waals surface area (Å²) in [5.74, 6) is 0.884. The van der Waals surface area contributed by atoms with E-state index in [-0.39, 0.29) is 12.0 Å². The van der Waals surface area contributed by atoms with Gasteiger partial charge in [0.1, 0.15) is 11.9 Å². The molecule has 1 saturated heterocycles. The van der Waals surface area contributed by atoms with Crippen molar-refractivity contribution >= 4 is 11.6 Å². The van der Waals surface area contributed by atoms with E-state index in [1.54, 1.807) is 37.6 Å². The van der Waals surface area contributed by atoms with Gasteiger partial charge in [0.15, 0.2) is 0 Å². The Morgan fingerprint density at radius 1 is 1.35 bits per heavy atom. The van der Waals surface area contributed by atoms with Crippen LogP contribution in [0.4, 0.5) is 5.69 Å². The van der Waals surface area contributed by atoms with Gasteiger partial charge in [0.2, 0.25) is 5.88 Å². The number of methoxy groups -OCH3 is 1. The first-order valence-corrected chi connectivity index (χ1v) is 7.40. The summed E-state index contributed by atoms with van der Waals surface area (Å²) in [6, 6.07) is 10.5. The highest BCUT2D eigenvalue weighted by molar-refractivity contribution is 6.04. The Bertz CT molecular complexity index is 684. The van der Waals surface area contributed by atoms with E-state index in [9.17, 15) is 4.79 Å². The number of rotatable bonds is 5. The summed E-state index contributed by atoms with van der Waals surface area (Å²) in [6.45, 7) is 1.25. The number of nitrogens with one attached hydrogen (secondary N) is 1. The zero-order valence-corrected chi connectivity index (χ0v) is 12.8. The van der Waals surface area contributed by atoms with Gasteiger partial charge in [-0.25, -0.2) is 4.98 Å². The minimum absolute atomic E-state index is 0.000745. The topological polar surface area (TPSA) is 69.7 Å². The minimum atomic E-state index is -0.229. The van der Waals surface area contributed by atoms with Gasteiger partial charge in [-0.05, 0) is 18.2 Å². The second kappa shape index (κ2) is 7.11. The number of nitrogens with zero attached hydrogens (tertiary/aromatic N) is 1. The van der Waals surface area contributed by atoms with Gasteiger partial charge in [-0.1, -0.05) is 6.07 Å². The molecule has 1 aliphatic heterocycles. The van der Waals surface area contributed by atoms with Crippen molar-refractivity contribution in [3.63, 3.8) is 0 Å². The number of amides is 1. The van der Waals surface area contributed by atoms with E-state index >= 15 is 0 Å². The van der Waals surface area contributed by atoms with Crippen molar-refractivity contribution < 1.29 is 19.0 Å². The van der Waals surface area contributed by atoms with Crippen LogP contribution in [0.3, 0.4) is 0 Å². The molecule has 6 heteroatoms. The molecule has 6 nitrogen and oxygen atoms in total. The summed E-state index contributed by atoms with van der Waals surface area (Å²) >= 11 is 0. The summed E-state index contributed by atoms with van der Waals surface area (Å²) in [5.41, 5.74) is 1.15. The smallest absolute Gasteiger partial charge is 0.255 e. The van der Waals surface area contributed by atoms with Crippen LogP contribution in [0.15, 0.2) is 42.6 Å². The normalized spacial score (nSPS) is 16.8. The second-order valence-electron chi connectivity index (χ2n) is 5.17. The molecule has 2 aromatic rings. The first kappa shape index (κ1) is 15.3. The highest BCUT2D eigenvalue weighted by atomic mass is 16.5. The van der Waals surface area contributed by atoms with E-state index < -0.39 is 0 Å². The van der Waals surface area contributed by atoms with E-state index in [4.69, 9.17) is 14.2 Å². The lowest BCUT2D eigenvalue weighted by Crippen LogP contribution is -2.17. The van der Waals surface area contributed by atoms with Crippen LogP contribution in [-0.2, 0) is 4.74 Å². The Morgan fingerprint density at radius 2 is 2.26 bits per heavy atom. The Morgan fingerprint density at radius 3 is 3.04 bits per heavy atom. The lowest BCUT2D eigenvalue weighted by molar-refractivity contribution is 0.102. The van der Waals surface area contributed by atoms with E-state index in [2.05, 4.69) is 10.3 Å². The van der Waals surface area contributed by atoms with E-state index in [0.29, 0.717) is 36.1 Å². The highest BCUT2D eigenvalue weighted by Crippen LogP contribution is 2.19. The zero-order chi connectivity index (χ0) is 16.1. The molecule has 0 saturated carbocycles. The van der Waals surface area contributed by atoms with Crippen molar-refractivity contribution in [3.8, 4) is 11.6 Å². The average Bonchev–Trinajstić information content (AvgIpc) is 3.08. The van der Waals surface area contributed by atoms with Crippen LogP contribution in [0.1, 0.15) is 16.8 Å². The summed E-state index contributed by atoms with van der Waals surface area (Å²) in [4.78, 5) is 16.5. The average molecular weight is 314 g/mol. The summed E-state index contributed by atoms with van der Waals surface area (Å²) in [5, 5.41) is 2.83. The molecule has 1 aliphatic rings. The molecule has 1 unspecified atom stereocenters. The second-order valence-corrected chi connectivity index (χ2v) is 5.17. The monoisotopic (exact) mass is 314 g/mol. The standard InChI is InChI=1S/C17H18N2O4/c1-21-14-4-2-3-13(10-14)19-17(20)12-5-7-18-16(9-12)23-15-6-8-22-11-15/h2-5,7,9-10,15H,6,8,11H2,1H3,(H,19,20). The molecule has 23 heavy (non-hydrogen) atoms. The highest BCUT2D eigenvalue weighted by Gasteiger charge is 2.18. The number of hydrogen-bond donors (Lipinski definition) is 1. The van der Waals surface area contributed by atoms with Crippen molar-refractivity contribution in [3.05, 3.63) is 48.2 Å². The summed E-state index contributed by atoms with van der Waals surface area (Å²) in [7, 11) is 1.58. The number of ether oxygens (including phenoxy) is 3. The van der Waals surface area contributed by atoms with Gasteiger partial charge < -0.3 is 19.5 Å². The van der Waals surface area contributed by atoms with Crippen LogP contribution >= 0.6 is 0 Å². The maximum atomic E-state index is 12.3. The van der Waals surface area contributed by atoms with E-state index in [1.165, 1.54) is 0 Å². The number of carbonyl (C=O) groups excluding carboxylic acids is 1. The fourth-order valence-corrected chi connectivity index (χ4v) is 2.30. The van der Waals surface area contributed by atoms with Gasteiger partial charge in [0.05, 0.1) is 20.3 Å². The van der Waals surface area contributed by atoms with Gasteiger partial charge >= 0.3 is 0 Å². The zero-order valence-electron chi connectivity index (χ0n) is 12.8. The molecular weight excluding hydrogens is 296 g/mol. The van der Waals surface area contributed by atoms with Crippen LogP contribution in [0.5, 0.6) is 11.6 Å². The Hall–Kier alpha value is -2.60. The molecule has 0 radical (unpaired) electrons. The van der Waals surface area contributed by atoms with Gasteiger partial charge in [-0.3, -0.25) is 4.79 Å². The molecule has 1 aromatic heterocycles. The third kappa shape index (κ3) is 3.98. The molecule has 120 valence electrons. The maximum absolute atomic E-state index is 12.3. The van der Waals surface area contributed by atoms with Crippen LogP contribution in [0.25, 0.3) is 0 Å². The fourth-order valence-electron chi connectivity index (χ4n) is 2.30. The number of pyridine rings is 1. The molecule has 0 spiro atoms. The summed E-state index contributed by atoms with van der Waals surface area (Å²) < 4.78 is 16.1. The van der Waals surface area contributed by atoms with Crippen molar-refractivity contribution in [2.75, 3.05) is 25.6 Å². The predicted molar refractivity (Wildman–Crippen MR) is 85.0 cm³/mol. The first-order chi connectivity index (χ1) is 11.2. The molecule has 1 amide bonds. The van der Waals surface area contributed by atoms with Crippen molar-refractivity contribution in [1.29, 1.82) is 0 Å². The van der Waals surface area contributed by atoms with Crippen molar-refractivity contribution in [1.82, 2.24) is 4.98 Å². The number of benzene rings is 1. The Balaban J connectivity index is 1.68. The fraction of sp³-hybridized carbons (Fsp3) is 0.294. The molecule has 1 fully saturated rings. The summed E-state index contributed by atoms with van der Waals surface area (Å²) in [6.07, 6.45) is 2.40. The lowest BCUT2D eigenvalue weighted by atomic mass is 10.2. The van der Waals surface area contributed by atoms with Gasteiger partial charge in [0.25, 0.3) is 5.91 Å². The van der Waals surface area contributed by atoms with Crippen molar-refractivity contribution in [2.24, 2.45) is 0 Å². The molecule has 1 atom stereocenters. The largest absolute Gasteiger partial charge is 0.497 e.